The maximum absolute atomic E-state index is 12.8. The minimum Gasteiger partial charge on any atom is -0.492 e. The smallest absolute Gasteiger partial charge is 0.255 e. The van der Waals surface area contributed by atoms with E-state index in [0.717, 1.165) is 22.6 Å². The minimum absolute atomic E-state index is 0.166. The second-order valence-corrected chi connectivity index (χ2v) is 7.71. The average molecular weight is 385 g/mol. The number of rotatable bonds is 9. The summed E-state index contributed by atoms with van der Waals surface area (Å²) in [5.74, 6) is 1.06. The van der Waals surface area contributed by atoms with Gasteiger partial charge in [-0.25, -0.2) is 0 Å². The lowest BCUT2D eigenvalue weighted by molar-refractivity contribution is 0.102. The predicted molar refractivity (Wildman–Crippen MR) is 115 cm³/mol. The van der Waals surface area contributed by atoms with Gasteiger partial charge in [-0.1, -0.05) is 38.1 Å². The van der Waals surface area contributed by atoms with Gasteiger partial charge in [0.2, 0.25) is 0 Å². The number of allylic oxidation sites excluding steroid dienone is 1. The zero-order valence-corrected chi connectivity index (χ0v) is 17.3. The Morgan fingerprint density at radius 1 is 1.19 bits per heavy atom. The number of hydrogen-bond acceptors (Lipinski definition) is 4. The third kappa shape index (κ3) is 6.45. The van der Waals surface area contributed by atoms with Crippen molar-refractivity contribution in [2.24, 2.45) is 5.92 Å². The van der Waals surface area contributed by atoms with Crippen molar-refractivity contribution >= 4 is 29.1 Å². The van der Waals surface area contributed by atoms with Crippen LogP contribution < -0.4 is 14.8 Å². The quantitative estimate of drug-likeness (QED) is 0.551. The summed E-state index contributed by atoms with van der Waals surface area (Å²) >= 11 is 1.54. The molecule has 2 rings (SSSR count). The van der Waals surface area contributed by atoms with E-state index in [2.05, 4.69) is 30.5 Å². The van der Waals surface area contributed by atoms with Crippen molar-refractivity contribution in [3.05, 3.63) is 60.2 Å². The fourth-order valence-corrected chi connectivity index (χ4v) is 3.28. The van der Waals surface area contributed by atoms with Crippen molar-refractivity contribution < 1.29 is 9.53 Å². The Kier molecular flexibility index (Phi) is 7.95. The average Bonchev–Trinajstić information content (AvgIpc) is 2.63. The van der Waals surface area contributed by atoms with E-state index in [9.17, 15) is 4.79 Å². The summed E-state index contributed by atoms with van der Waals surface area (Å²) in [7, 11) is 0. The molecule has 4 nitrogen and oxygen atoms in total. The summed E-state index contributed by atoms with van der Waals surface area (Å²) in [5, 5.41) is 2.97. The molecule has 1 amide bonds. The van der Waals surface area contributed by atoms with Gasteiger partial charge in [0.1, 0.15) is 5.75 Å². The summed E-state index contributed by atoms with van der Waals surface area (Å²) in [6, 6.07) is 13.3. The number of nitrogens with one attached hydrogen (secondary N) is 2. The zero-order chi connectivity index (χ0) is 19.8. The van der Waals surface area contributed by atoms with Crippen LogP contribution in [0.15, 0.2) is 53.9 Å². The van der Waals surface area contributed by atoms with Crippen LogP contribution in [0.5, 0.6) is 5.75 Å². The molecule has 2 aromatic rings. The molecule has 0 saturated heterocycles. The molecule has 0 bridgehead atoms. The van der Waals surface area contributed by atoms with Crippen molar-refractivity contribution in [2.45, 2.75) is 32.6 Å². The summed E-state index contributed by atoms with van der Waals surface area (Å²) in [5.41, 5.74) is 3.16. The highest BCUT2D eigenvalue weighted by Crippen LogP contribution is 2.29. The normalized spacial score (nSPS) is 10.7. The van der Waals surface area contributed by atoms with E-state index in [4.69, 9.17) is 4.74 Å². The van der Waals surface area contributed by atoms with Gasteiger partial charge in [-0.05, 0) is 67.6 Å². The third-order valence-corrected chi connectivity index (χ3v) is 4.60. The Bertz CT molecular complexity index is 803. The monoisotopic (exact) mass is 384 g/mol. The molecule has 0 radical (unpaired) electrons. The van der Waals surface area contributed by atoms with Gasteiger partial charge in [0.15, 0.2) is 0 Å². The van der Waals surface area contributed by atoms with Crippen LogP contribution in [-0.2, 0) is 0 Å². The Balaban J connectivity index is 2.16. The molecule has 0 heterocycles. The molecule has 0 fully saturated rings. The summed E-state index contributed by atoms with van der Waals surface area (Å²) in [6.07, 6.45) is 0. The van der Waals surface area contributed by atoms with E-state index < -0.39 is 0 Å². The highest BCUT2D eigenvalue weighted by molar-refractivity contribution is 7.97. The number of benzene rings is 2. The summed E-state index contributed by atoms with van der Waals surface area (Å²) in [4.78, 5) is 13.8. The molecule has 0 unspecified atom stereocenters. The van der Waals surface area contributed by atoms with Crippen LogP contribution >= 0.6 is 11.9 Å². The number of carbonyl (C=O) groups excluding carboxylic acids is 1. The number of ether oxygens (including phenoxy) is 1. The van der Waals surface area contributed by atoms with Gasteiger partial charge >= 0.3 is 0 Å². The van der Waals surface area contributed by atoms with Crippen LogP contribution in [0.2, 0.25) is 0 Å². The van der Waals surface area contributed by atoms with Gasteiger partial charge in [0, 0.05) is 17.0 Å². The van der Waals surface area contributed by atoms with Gasteiger partial charge in [-0.15, -0.1) is 0 Å². The van der Waals surface area contributed by atoms with Crippen LogP contribution in [-0.4, -0.2) is 19.1 Å². The Morgan fingerprint density at radius 3 is 2.63 bits per heavy atom. The standard InChI is InChI=1S/C22H28N2O2S/c1-6-26-21-11-10-17(16(4)5)13-20(21)24-22(25)18-8-7-9-19(12-18)27-23-14-15(2)3/h7-13,15,23H,4,6,14H2,1-3,5H3,(H,24,25). The van der Waals surface area contributed by atoms with Gasteiger partial charge in [0.05, 0.1) is 12.3 Å². The number of carbonyl (C=O) groups is 1. The molecule has 0 aliphatic rings. The lowest BCUT2D eigenvalue weighted by Crippen LogP contribution is -2.14. The van der Waals surface area contributed by atoms with E-state index in [0.29, 0.717) is 29.5 Å². The molecule has 0 aliphatic carbocycles. The fraction of sp³-hybridized carbons (Fsp3) is 0.318. The molecule has 0 aromatic heterocycles. The first-order valence-corrected chi connectivity index (χ1v) is 9.96. The van der Waals surface area contributed by atoms with Crippen molar-refractivity contribution in [3.8, 4) is 5.75 Å². The molecule has 2 aromatic carbocycles. The maximum atomic E-state index is 12.8. The minimum atomic E-state index is -0.166. The first-order valence-electron chi connectivity index (χ1n) is 9.14. The molecule has 0 spiro atoms. The predicted octanol–water partition coefficient (Wildman–Crippen LogP) is 5.62. The first kappa shape index (κ1) is 21.1. The van der Waals surface area contributed by atoms with Gasteiger partial charge in [0.25, 0.3) is 5.91 Å². The molecular formula is C22H28N2O2S. The number of anilines is 1. The van der Waals surface area contributed by atoms with Crippen LogP contribution in [0.4, 0.5) is 5.69 Å². The van der Waals surface area contributed by atoms with Crippen LogP contribution in [0, 0.1) is 5.92 Å². The van der Waals surface area contributed by atoms with Crippen LogP contribution in [0.3, 0.4) is 0 Å². The lowest BCUT2D eigenvalue weighted by atomic mass is 10.1. The fourth-order valence-electron chi connectivity index (χ4n) is 2.36. The Hall–Kier alpha value is -2.24. The molecule has 0 aliphatic heterocycles. The van der Waals surface area contributed by atoms with E-state index in [1.807, 2.05) is 56.3 Å². The second kappa shape index (κ2) is 10.2. The summed E-state index contributed by atoms with van der Waals surface area (Å²) < 4.78 is 8.97. The molecule has 2 N–H and O–H groups in total. The maximum Gasteiger partial charge on any atom is 0.255 e. The highest BCUT2D eigenvalue weighted by atomic mass is 32.2. The SMILES string of the molecule is C=C(C)c1ccc(OCC)c(NC(=O)c2cccc(SNCC(C)C)c2)c1. The number of hydrogen-bond donors (Lipinski definition) is 2. The van der Waals surface area contributed by atoms with Crippen LogP contribution in [0.1, 0.15) is 43.6 Å². The molecule has 0 atom stereocenters. The number of amides is 1. The van der Waals surface area contributed by atoms with Gasteiger partial charge in [-0.3, -0.25) is 9.52 Å². The second-order valence-electron chi connectivity index (χ2n) is 6.75. The Labute approximate surface area is 166 Å². The molecule has 5 heteroatoms. The molecule has 27 heavy (non-hydrogen) atoms. The van der Waals surface area contributed by atoms with E-state index in [1.54, 1.807) is 0 Å². The van der Waals surface area contributed by atoms with E-state index in [1.165, 1.54) is 11.9 Å². The molecule has 0 saturated carbocycles. The highest BCUT2D eigenvalue weighted by Gasteiger charge is 2.12. The van der Waals surface area contributed by atoms with E-state index >= 15 is 0 Å². The molecule has 144 valence electrons. The van der Waals surface area contributed by atoms with Crippen molar-refractivity contribution in [2.75, 3.05) is 18.5 Å². The van der Waals surface area contributed by atoms with Gasteiger partial charge in [-0.2, -0.15) is 0 Å². The zero-order valence-electron chi connectivity index (χ0n) is 16.5. The first-order chi connectivity index (χ1) is 12.9. The van der Waals surface area contributed by atoms with Crippen LogP contribution in [0.25, 0.3) is 5.57 Å². The lowest BCUT2D eigenvalue weighted by Gasteiger charge is -2.14. The topological polar surface area (TPSA) is 50.4 Å². The van der Waals surface area contributed by atoms with Crippen molar-refractivity contribution in [1.29, 1.82) is 0 Å². The largest absolute Gasteiger partial charge is 0.492 e. The Morgan fingerprint density at radius 2 is 1.96 bits per heavy atom. The molecular weight excluding hydrogens is 356 g/mol. The van der Waals surface area contributed by atoms with E-state index in [-0.39, 0.29) is 5.91 Å². The summed E-state index contributed by atoms with van der Waals surface area (Å²) in [6.45, 7) is 13.6. The third-order valence-electron chi connectivity index (χ3n) is 3.80. The van der Waals surface area contributed by atoms with Gasteiger partial charge < -0.3 is 10.1 Å². The van der Waals surface area contributed by atoms with Crippen molar-refractivity contribution in [3.63, 3.8) is 0 Å². The van der Waals surface area contributed by atoms with Crippen molar-refractivity contribution in [1.82, 2.24) is 4.72 Å².